The van der Waals surface area contributed by atoms with Gasteiger partial charge in [-0.2, -0.15) is 0 Å². The summed E-state index contributed by atoms with van der Waals surface area (Å²) in [6.45, 7) is 0. The zero-order valence-electron chi connectivity index (χ0n) is 21.5. The third-order valence-corrected chi connectivity index (χ3v) is 8.19. The first-order chi connectivity index (χ1) is 19.9. The average molecular weight is 514 g/mol. The molecule has 4 nitrogen and oxygen atoms in total. The van der Waals surface area contributed by atoms with Crippen LogP contribution in [0.4, 0.5) is 5.69 Å². The van der Waals surface area contributed by atoms with Gasteiger partial charge in [0.2, 0.25) is 6.29 Å². The first kappa shape index (κ1) is 21.6. The smallest absolute Gasteiger partial charge is 0.201 e. The predicted molar refractivity (Wildman–Crippen MR) is 165 cm³/mol. The van der Waals surface area contributed by atoms with Crippen LogP contribution in [0.5, 0.6) is 0 Å². The van der Waals surface area contributed by atoms with Gasteiger partial charge in [0, 0.05) is 49.1 Å². The zero-order valence-corrected chi connectivity index (χ0v) is 21.5. The van der Waals surface area contributed by atoms with Crippen molar-refractivity contribution in [2.75, 3.05) is 5.32 Å². The van der Waals surface area contributed by atoms with Crippen molar-refractivity contribution in [2.45, 2.75) is 6.29 Å². The monoisotopic (exact) mass is 513 g/mol. The Balaban J connectivity index is 1.47. The minimum absolute atomic E-state index is 0.341. The summed E-state index contributed by atoms with van der Waals surface area (Å²) in [5, 5.41) is 10.7. The summed E-state index contributed by atoms with van der Waals surface area (Å²) in [5.41, 5.74) is 8.41. The molecule has 1 aliphatic rings. The second-order valence-corrected chi connectivity index (χ2v) is 10.4. The molecule has 8 aromatic rings. The standard InChI is InChI=1S/C36H23N3O/c1-2-12-22(13-3-1)33-25-16-6-9-19-28(25)37-36(38-33)39-29-20-10-7-17-26(29)31-32-27-18-8-11-21-30(27)40-35(32)24-15-5-4-14-23(24)34(31)39/h1-21,36-37H. The van der Waals surface area contributed by atoms with Crippen molar-refractivity contribution in [3.8, 4) is 0 Å². The van der Waals surface area contributed by atoms with Crippen LogP contribution in [0.1, 0.15) is 17.4 Å². The second-order valence-electron chi connectivity index (χ2n) is 10.4. The van der Waals surface area contributed by atoms with Crippen LogP contribution in [0, 0.1) is 0 Å². The lowest BCUT2D eigenvalue weighted by Crippen LogP contribution is -2.24. The van der Waals surface area contributed by atoms with Gasteiger partial charge in [0.05, 0.1) is 16.7 Å². The summed E-state index contributed by atoms with van der Waals surface area (Å²) in [4.78, 5) is 5.42. The van der Waals surface area contributed by atoms with Crippen LogP contribution in [-0.2, 0) is 0 Å². The van der Waals surface area contributed by atoms with Crippen molar-refractivity contribution in [3.63, 3.8) is 0 Å². The first-order valence-electron chi connectivity index (χ1n) is 13.6. The number of hydrogen-bond donors (Lipinski definition) is 1. The van der Waals surface area contributed by atoms with E-state index in [0.717, 1.165) is 66.3 Å². The normalized spacial score (nSPS) is 15.1. The molecule has 3 heterocycles. The molecule has 1 N–H and O–H groups in total. The highest BCUT2D eigenvalue weighted by Crippen LogP contribution is 2.46. The number of hydrogen-bond acceptors (Lipinski definition) is 3. The Kier molecular flexibility index (Phi) is 4.35. The molecule has 2 aromatic heterocycles. The number of nitrogens with zero attached hydrogens (tertiary/aromatic N) is 2. The maximum atomic E-state index is 6.55. The van der Waals surface area contributed by atoms with Gasteiger partial charge in [-0.3, -0.25) is 0 Å². The molecule has 0 amide bonds. The van der Waals surface area contributed by atoms with Gasteiger partial charge in [-0.05, 0) is 18.2 Å². The molecule has 0 saturated carbocycles. The lowest BCUT2D eigenvalue weighted by Gasteiger charge is -2.28. The Morgan fingerprint density at radius 3 is 2.15 bits per heavy atom. The number of nitrogens with one attached hydrogen (secondary N) is 1. The molecule has 4 heteroatoms. The molecule has 0 spiro atoms. The van der Waals surface area contributed by atoms with Gasteiger partial charge in [0.15, 0.2) is 0 Å². The van der Waals surface area contributed by atoms with Crippen molar-refractivity contribution in [3.05, 3.63) is 139 Å². The minimum Gasteiger partial charge on any atom is -0.455 e. The van der Waals surface area contributed by atoms with Gasteiger partial charge in [0.1, 0.15) is 11.2 Å². The number of aromatic nitrogens is 1. The average Bonchev–Trinajstić information content (AvgIpc) is 3.58. The van der Waals surface area contributed by atoms with Crippen LogP contribution in [0.2, 0.25) is 0 Å². The minimum atomic E-state index is -0.341. The van der Waals surface area contributed by atoms with Crippen molar-refractivity contribution in [1.82, 2.24) is 4.57 Å². The number of furan rings is 1. The largest absolute Gasteiger partial charge is 0.455 e. The van der Waals surface area contributed by atoms with E-state index in [1.54, 1.807) is 0 Å². The quantitative estimate of drug-likeness (QED) is 0.250. The van der Waals surface area contributed by atoms with Crippen LogP contribution in [0.3, 0.4) is 0 Å². The fraction of sp³-hybridized carbons (Fsp3) is 0.0278. The van der Waals surface area contributed by atoms with Crippen LogP contribution in [-0.4, -0.2) is 10.3 Å². The van der Waals surface area contributed by atoms with E-state index in [-0.39, 0.29) is 6.29 Å². The van der Waals surface area contributed by atoms with Crippen molar-refractivity contribution >= 4 is 65.9 Å². The number of aliphatic imine (C=N–C) groups is 1. The van der Waals surface area contributed by atoms with Crippen LogP contribution < -0.4 is 5.32 Å². The molecule has 9 rings (SSSR count). The number of fused-ring (bicyclic) bond motifs is 11. The highest BCUT2D eigenvalue weighted by molar-refractivity contribution is 6.35. The zero-order chi connectivity index (χ0) is 26.2. The van der Waals surface area contributed by atoms with Crippen molar-refractivity contribution in [2.24, 2.45) is 4.99 Å². The molecule has 0 bridgehead atoms. The lowest BCUT2D eigenvalue weighted by molar-refractivity contribution is 0.626. The van der Waals surface area contributed by atoms with E-state index in [1.807, 2.05) is 12.1 Å². The molecule has 6 aromatic carbocycles. The maximum absolute atomic E-state index is 6.55. The van der Waals surface area contributed by atoms with Crippen LogP contribution >= 0.6 is 0 Å². The predicted octanol–water partition coefficient (Wildman–Crippen LogP) is 9.27. The summed E-state index contributed by atoms with van der Waals surface area (Å²) < 4.78 is 8.93. The second kappa shape index (κ2) is 8.08. The third-order valence-electron chi connectivity index (χ3n) is 8.19. The molecular weight excluding hydrogens is 490 g/mol. The maximum Gasteiger partial charge on any atom is 0.201 e. The number of para-hydroxylation sites is 3. The van der Waals surface area contributed by atoms with E-state index in [2.05, 4.69) is 125 Å². The highest BCUT2D eigenvalue weighted by Gasteiger charge is 2.28. The van der Waals surface area contributed by atoms with Crippen molar-refractivity contribution < 1.29 is 4.42 Å². The van der Waals surface area contributed by atoms with E-state index in [1.165, 1.54) is 10.8 Å². The van der Waals surface area contributed by atoms with E-state index in [4.69, 9.17) is 9.41 Å². The van der Waals surface area contributed by atoms with E-state index in [0.29, 0.717) is 0 Å². The Bertz CT molecular complexity index is 2310. The summed E-state index contributed by atoms with van der Waals surface area (Å²) in [6, 6.07) is 44.5. The molecule has 0 saturated heterocycles. The molecule has 0 aliphatic carbocycles. The van der Waals surface area contributed by atoms with Gasteiger partial charge in [-0.25, -0.2) is 4.99 Å². The molecular formula is C36H23N3O. The molecule has 0 fully saturated rings. The Morgan fingerprint density at radius 1 is 0.600 bits per heavy atom. The van der Waals surface area contributed by atoms with Gasteiger partial charge in [-0.1, -0.05) is 109 Å². The topological polar surface area (TPSA) is 42.5 Å². The van der Waals surface area contributed by atoms with E-state index < -0.39 is 0 Å². The fourth-order valence-electron chi connectivity index (χ4n) is 6.53. The summed E-state index contributed by atoms with van der Waals surface area (Å²) >= 11 is 0. The Labute approximate surface area is 229 Å². The summed E-state index contributed by atoms with van der Waals surface area (Å²) in [6.07, 6.45) is -0.341. The summed E-state index contributed by atoms with van der Waals surface area (Å²) in [7, 11) is 0. The number of anilines is 1. The third kappa shape index (κ3) is 2.88. The molecule has 188 valence electrons. The Morgan fingerprint density at radius 2 is 1.27 bits per heavy atom. The van der Waals surface area contributed by atoms with Crippen LogP contribution in [0.15, 0.2) is 137 Å². The van der Waals surface area contributed by atoms with Gasteiger partial charge in [0.25, 0.3) is 0 Å². The van der Waals surface area contributed by atoms with Gasteiger partial charge in [-0.15, -0.1) is 0 Å². The van der Waals surface area contributed by atoms with Crippen LogP contribution in [0.25, 0.3) is 54.5 Å². The highest BCUT2D eigenvalue weighted by atomic mass is 16.3. The number of rotatable bonds is 2. The Hall–Kier alpha value is -5.35. The van der Waals surface area contributed by atoms with E-state index in [9.17, 15) is 0 Å². The van der Waals surface area contributed by atoms with Gasteiger partial charge >= 0.3 is 0 Å². The molecule has 1 unspecified atom stereocenters. The number of benzene rings is 6. The molecule has 1 aliphatic heterocycles. The fourth-order valence-corrected chi connectivity index (χ4v) is 6.53. The van der Waals surface area contributed by atoms with Gasteiger partial charge < -0.3 is 14.3 Å². The lowest BCUT2D eigenvalue weighted by atomic mass is 9.99. The molecule has 0 radical (unpaired) electrons. The van der Waals surface area contributed by atoms with E-state index >= 15 is 0 Å². The molecule has 40 heavy (non-hydrogen) atoms. The van der Waals surface area contributed by atoms with Crippen molar-refractivity contribution in [1.29, 1.82) is 0 Å². The summed E-state index contributed by atoms with van der Waals surface area (Å²) in [5.74, 6) is 0. The molecule has 1 atom stereocenters. The SMILES string of the molecule is c1ccc(C2=NC(n3c4ccccc4c4c5c6ccccc6oc5c5ccccc5c43)Nc3ccccc32)cc1. The first-order valence-corrected chi connectivity index (χ1v) is 13.6.